The predicted octanol–water partition coefficient (Wildman–Crippen LogP) is 0.703. The molecule has 21 heavy (non-hydrogen) atoms. The van der Waals surface area contributed by atoms with Crippen molar-refractivity contribution in [2.75, 3.05) is 26.2 Å². The first-order chi connectivity index (χ1) is 9.65. The van der Waals surface area contributed by atoms with Crippen molar-refractivity contribution in [2.24, 2.45) is 5.92 Å². The average Bonchev–Trinajstić information content (AvgIpc) is 2.37. The van der Waals surface area contributed by atoms with E-state index in [0.29, 0.717) is 18.0 Å². The minimum atomic E-state index is -0.383. The number of rotatable bonds is 6. The third kappa shape index (κ3) is 5.69. The Balaban J connectivity index is 0.00000220. The molecular weight excluding hydrogens is 297 g/mol. The number of hydrogen-bond donors (Lipinski definition) is 3. The molecule has 0 aliphatic carbocycles. The molecule has 0 spiro atoms. The Morgan fingerprint density at radius 2 is 1.86 bits per heavy atom. The number of halogens is 2. The monoisotopic (exact) mass is 315 g/mol. The Morgan fingerprint density at radius 3 is 2.43 bits per heavy atom. The van der Waals surface area contributed by atoms with Crippen molar-refractivity contribution in [1.29, 1.82) is 0 Å². The van der Waals surface area contributed by atoms with Gasteiger partial charge in [-0.3, -0.25) is 9.59 Å². The van der Waals surface area contributed by atoms with Crippen LogP contribution in [0.1, 0.15) is 16.8 Å². The van der Waals surface area contributed by atoms with E-state index in [0.717, 1.165) is 13.1 Å². The summed E-state index contributed by atoms with van der Waals surface area (Å²) < 4.78 is 12.7. The molecule has 1 aromatic carbocycles. The van der Waals surface area contributed by atoms with E-state index in [2.05, 4.69) is 16.0 Å². The maximum atomic E-state index is 12.7. The zero-order valence-corrected chi connectivity index (χ0v) is 12.3. The summed E-state index contributed by atoms with van der Waals surface area (Å²) in [6.45, 7) is 2.84. The van der Waals surface area contributed by atoms with Crippen LogP contribution in [0.25, 0.3) is 0 Å². The predicted molar refractivity (Wildman–Crippen MR) is 80.0 cm³/mol. The summed E-state index contributed by atoms with van der Waals surface area (Å²) in [5.41, 5.74) is 0.382. The minimum absolute atomic E-state index is 0. The molecule has 2 amide bonds. The first kappa shape index (κ1) is 17.4. The Hall–Kier alpha value is -1.66. The van der Waals surface area contributed by atoms with E-state index in [4.69, 9.17) is 0 Å². The van der Waals surface area contributed by atoms with Gasteiger partial charge in [-0.1, -0.05) is 0 Å². The number of carbonyl (C=O) groups is 2. The van der Waals surface area contributed by atoms with Crippen molar-refractivity contribution in [2.45, 2.75) is 6.42 Å². The fourth-order valence-electron chi connectivity index (χ4n) is 1.83. The Bertz CT molecular complexity index is 478. The normalized spacial score (nSPS) is 13.8. The lowest BCUT2D eigenvalue weighted by molar-refractivity contribution is -0.121. The SMILES string of the molecule is Cl.O=C(CCNC(=O)c1ccc(F)cc1)NCC1CNC1. The summed E-state index contributed by atoms with van der Waals surface area (Å²) in [6, 6.07) is 5.28. The second-order valence-electron chi connectivity index (χ2n) is 4.84. The largest absolute Gasteiger partial charge is 0.356 e. The van der Waals surface area contributed by atoms with Gasteiger partial charge < -0.3 is 16.0 Å². The average molecular weight is 316 g/mol. The molecule has 0 atom stereocenters. The van der Waals surface area contributed by atoms with Crippen molar-refractivity contribution >= 4 is 24.2 Å². The van der Waals surface area contributed by atoms with Gasteiger partial charge in [0.05, 0.1) is 0 Å². The molecule has 7 heteroatoms. The Morgan fingerprint density at radius 1 is 1.19 bits per heavy atom. The van der Waals surface area contributed by atoms with Crippen molar-refractivity contribution in [3.63, 3.8) is 0 Å². The molecule has 1 aromatic rings. The second-order valence-corrected chi connectivity index (χ2v) is 4.84. The van der Waals surface area contributed by atoms with Crippen LogP contribution in [0.5, 0.6) is 0 Å². The Labute approximate surface area is 129 Å². The van der Waals surface area contributed by atoms with Gasteiger partial charge >= 0.3 is 0 Å². The highest BCUT2D eigenvalue weighted by Gasteiger charge is 2.16. The second kappa shape index (κ2) is 8.59. The van der Waals surface area contributed by atoms with Crippen LogP contribution in [0.3, 0.4) is 0 Å². The highest BCUT2D eigenvalue weighted by Crippen LogP contribution is 2.02. The molecule has 5 nitrogen and oxygen atoms in total. The van der Waals surface area contributed by atoms with Crippen LogP contribution in [-0.2, 0) is 4.79 Å². The van der Waals surface area contributed by atoms with Crippen molar-refractivity contribution in [3.8, 4) is 0 Å². The van der Waals surface area contributed by atoms with Crippen LogP contribution < -0.4 is 16.0 Å². The van der Waals surface area contributed by atoms with Crippen LogP contribution in [0.15, 0.2) is 24.3 Å². The standard InChI is InChI=1S/C14H18FN3O2.ClH/c15-12-3-1-11(2-4-12)14(20)17-6-5-13(19)18-9-10-7-16-8-10;/h1-4,10,16H,5-9H2,(H,17,20)(H,18,19);1H. The smallest absolute Gasteiger partial charge is 0.251 e. The number of hydrogen-bond acceptors (Lipinski definition) is 3. The number of nitrogens with one attached hydrogen (secondary N) is 3. The van der Waals surface area contributed by atoms with Crippen molar-refractivity contribution < 1.29 is 14.0 Å². The molecule has 0 aromatic heterocycles. The first-order valence-electron chi connectivity index (χ1n) is 6.66. The third-order valence-electron chi connectivity index (χ3n) is 3.20. The molecule has 0 bridgehead atoms. The van der Waals surface area contributed by atoms with E-state index in [1.54, 1.807) is 0 Å². The van der Waals surface area contributed by atoms with Crippen LogP contribution in [0.2, 0.25) is 0 Å². The van der Waals surface area contributed by atoms with Crippen molar-refractivity contribution in [3.05, 3.63) is 35.6 Å². The van der Waals surface area contributed by atoms with E-state index < -0.39 is 0 Å². The van der Waals surface area contributed by atoms with Gasteiger partial charge in [0.2, 0.25) is 5.91 Å². The molecule has 1 aliphatic rings. The Kier molecular flexibility index (Phi) is 7.11. The summed E-state index contributed by atoms with van der Waals surface area (Å²) >= 11 is 0. The van der Waals surface area contributed by atoms with E-state index in [-0.39, 0.29) is 43.0 Å². The molecular formula is C14H19ClFN3O2. The van der Waals surface area contributed by atoms with Gasteiger partial charge in [-0.05, 0) is 24.3 Å². The van der Waals surface area contributed by atoms with Gasteiger partial charge in [0.25, 0.3) is 5.91 Å². The molecule has 0 unspecified atom stereocenters. The summed E-state index contributed by atoms with van der Waals surface area (Å²) in [4.78, 5) is 23.2. The van der Waals surface area contributed by atoms with Gasteiger partial charge in [0.15, 0.2) is 0 Å². The first-order valence-corrected chi connectivity index (χ1v) is 6.66. The quantitative estimate of drug-likeness (QED) is 0.724. The molecule has 0 radical (unpaired) electrons. The lowest BCUT2D eigenvalue weighted by atomic mass is 10.0. The topological polar surface area (TPSA) is 70.2 Å². The van der Waals surface area contributed by atoms with E-state index in [1.165, 1.54) is 24.3 Å². The highest BCUT2D eigenvalue weighted by atomic mass is 35.5. The van der Waals surface area contributed by atoms with Crippen LogP contribution in [0.4, 0.5) is 4.39 Å². The lowest BCUT2D eigenvalue weighted by Crippen LogP contribution is -2.48. The molecule has 0 saturated carbocycles. The van der Waals surface area contributed by atoms with E-state index in [1.807, 2.05) is 0 Å². The van der Waals surface area contributed by atoms with E-state index >= 15 is 0 Å². The fourth-order valence-corrected chi connectivity index (χ4v) is 1.83. The molecule has 1 saturated heterocycles. The lowest BCUT2D eigenvalue weighted by Gasteiger charge is -2.27. The molecule has 2 rings (SSSR count). The molecule has 1 fully saturated rings. The van der Waals surface area contributed by atoms with E-state index in [9.17, 15) is 14.0 Å². The van der Waals surface area contributed by atoms with Gasteiger partial charge in [-0.25, -0.2) is 4.39 Å². The summed E-state index contributed by atoms with van der Waals surface area (Å²) in [6.07, 6.45) is 0.243. The van der Waals surface area contributed by atoms with Crippen LogP contribution in [0, 0.1) is 11.7 Å². The maximum absolute atomic E-state index is 12.7. The third-order valence-corrected chi connectivity index (χ3v) is 3.20. The van der Waals surface area contributed by atoms with Gasteiger partial charge in [0.1, 0.15) is 5.82 Å². The highest BCUT2D eigenvalue weighted by molar-refractivity contribution is 5.94. The number of benzene rings is 1. The maximum Gasteiger partial charge on any atom is 0.251 e. The fraction of sp³-hybridized carbons (Fsp3) is 0.429. The molecule has 1 aliphatic heterocycles. The number of amides is 2. The van der Waals surface area contributed by atoms with Gasteiger partial charge in [0, 0.05) is 44.1 Å². The zero-order valence-electron chi connectivity index (χ0n) is 11.5. The summed E-state index contributed by atoms with van der Waals surface area (Å²) in [5, 5.41) is 8.59. The minimum Gasteiger partial charge on any atom is -0.356 e. The summed E-state index contributed by atoms with van der Waals surface area (Å²) in [7, 11) is 0. The zero-order chi connectivity index (χ0) is 14.4. The summed E-state index contributed by atoms with van der Waals surface area (Å²) in [5.74, 6) is -0.239. The molecule has 3 N–H and O–H groups in total. The number of carbonyl (C=O) groups excluding carboxylic acids is 2. The van der Waals surface area contributed by atoms with Crippen LogP contribution >= 0.6 is 12.4 Å². The van der Waals surface area contributed by atoms with Crippen LogP contribution in [-0.4, -0.2) is 38.0 Å². The molecule has 116 valence electrons. The molecule has 1 heterocycles. The van der Waals surface area contributed by atoms with Gasteiger partial charge in [-0.2, -0.15) is 0 Å². The van der Waals surface area contributed by atoms with Gasteiger partial charge in [-0.15, -0.1) is 12.4 Å². The van der Waals surface area contributed by atoms with Crippen molar-refractivity contribution in [1.82, 2.24) is 16.0 Å².